The van der Waals surface area contributed by atoms with Gasteiger partial charge in [-0.3, -0.25) is 9.59 Å². The Bertz CT molecular complexity index is 796. The number of aromatic nitrogens is 2. The van der Waals surface area contributed by atoms with Crippen LogP contribution in [0.4, 0.5) is 0 Å². The van der Waals surface area contributed by atoms with Crippen molar-refractivity contribution in [2.75, 3.05) is 0 Å². The van der Waals surface area contributed by atoms with Crippen LogP contribution in [0.5, 0.6) is 0 Å². The summed E-state index contributed by atoms with van der Waals surface area (Å²) in [7, 11) is 0. The Labute approximate surface area is 139 Å². The molecule has 1 aliphatic carbocycles. The number of carboxylic acid groups (broad SMARTS) is 1. The first-order chi connectivity index (χ1) is 11.4. The number of fused-ring (bicyclic) bond motifs is 1. The summed E-state index contributed by atoms with van der Waals surface area (Å²) in [6.07, 6.45) is 1.74. The molecule has 0 aromatic carbocycles. The molecule has 2 atom stereocenters. The molecule has 2 heterocycles. The molecule has 0 saturated heterocycles. The van der Waals surface area contributed by atoms with Gasteiger partial charge in [0, 0.05) is 11.7 Å². The molecule has 1 aliphatic rings. The molecule has 24 heavy (non-hydrogen) atoms. The Morgan fingerprint density at radius 3 is 2.75 bits per heavy atom. The third-order valence-corrected chi connectivity index (χ3v) is 4.59. The number of carboxylic acids is 1. The zero-order valence-electron chi connectivity index (χ0n) is 14.0. The molecule has 7 heteroatoms. The van der Waals surface area contributed by atoms with Crippen molar-refractivity contribution in [1.29, 1.82) is 0 Å². The zero-order chi connectivity index (χ0) is 17.4. The molecular weight excluding hydrogens is 310 g/mol. The fraction of sp³-hybridized carbons (Fsp3) is 0.529. The first kappa shape index (κ1) is 16.4. The van der Waals surface area contributed by atoms with Crippen LogP contribution in [0, 0.1) is 12.8 Å². The zero-order valence-corrected chi connectivity index (χ0v) is 14.0. The van der Waals surface area contributed by atoms with Gasteiger partial charge in [-0.05, 0) is 38.2 Å². The lowest BCUT2D eigenvalue weighted by molar-refractivity contribution is -0.141. The van der Waals surface area contributed by atoms with Gasteiger partial charge < -0.3 is 14.9 Å². The first-order valence-electron chi connectivity index (χ1n) is 8.17. The molecule has 3 rings (SSSR count). The minimum atomic E-state index is -0.796. The number of aryl methyl sites for hydroxylation is 1. The number of nitrogens with one attached hydrogen (secondary N) is 1. The highest BCUT2D eigenvalue weighted by Crippen LogP contribution is 2.28. The molecule has 1 saturated carbocycles. The maximum absolute atomic E-state index is 12.8. The van der Waals surface area contributed by atoms with E-state index in [1.54, 1.807) is 13.0 Å². The summed E-state index contributed by atoms with van der Waals surface area (Å²) in [6, 6.07) is 1.65. The van der Waals surface area contributed by atoms with Crippen LogP contribution in [0.15, 0.2) is 10.6 Å². The summed E-state index contributed by atoms with van der Waals surface area (Å²) in [5.41, 5.74) is 2.23. The van der Waals surface area contributed by atoms with E-state index in [9.17, 15) is 9.59 Å². The van der Waals surface area contributed by atoms with Crippen molar-refractivity contribution in [2.24, 2.45) is 5.92 Å². The number of nitrogens with zero attached hydrogens (tertiary/aromatic N) is 2. The third kappa shape index (κ3) is 2.98. The average molecular weight is 331 g/mol. The molecule has 1 amide bonds. The van der Waals surface area contributed by atoms with E-state index in [2.05, 4.69) is 15.5 Å². The summed E-state index contributed by atoms with van der Waals surface area (Å²) in [5.74, 6) is -1.26. The minimum Gasteiger partial charge on any atom is -0.481 e. The van der Waals surface area contributed by atoms with Gasteiger partial charge >= 0.3 is 5.97 Å². The summed E-state index contributed by atoms with van der Waals surface area (Å²) < 4.78 is 5.23. The molecule has 2 aromatic rings. The van der Waals surface area contributed by atoms with E-state index >= 15 is 0 Å². The van der Waals surface area contributed by atoms with E-state index in [4.69, 9.17) is 9.63 Å². The van der Waals surface area contributed by atoms with Crippen LogP contribution in [0.2, 0.25) is 0 Å². The molecule has 2 aromatic heterocycles. The second-order valence-corrected chi connectivity index (χ2v) is 6.72. The predicted molar refractivity (Wildman–Crippen MR) is 86.9 cm³/mol. The summed E-state index contributed by atoms with van der Waals surface area (Å²) in [6.45, 7) is 5.76. The Hall–Kier alpha value is -2.44. The van der Waals surface area contributed by atoms with Crippen molar-refractivity contribution in [3.8, 4) is 0 Å². The second kappa shape index (κ2) is 6.22. The molecular formula is C17H21N3O4. The monoisotopic (exact) mass is 331 g/mol. The fourth-order valence-corrected chi connectivity index (χ4v) is 3.19. The fourth-order valence-electron chi connectivity index (χ4n) is 3.19. The SMILES string of the molecule is Cc1noc2nc(C(C)C)cc(C(=O)N[C@H]3CC[C@@H](C(=O)O)C3)c12. The summed E-state index contributed by atoms with van der Waals surface area (Å²) >= 11 is 0. The first-order valence-corrected chi connectivity index (χ1v) is 8.17. The van der Waals surface area contributed by atoms with Gasteiger partial charge in [0.1, 0.15) is 0 Å². The van der Waals surface area contributed by atoms with Crippen LogP contribution in [-0.2, 0) is 4.79 Å². The Kier molecular flexibility index (Phi) is 4.26. The molecule has 0 spiro atoms. The largest absolute Gasteiger partial charge is 0.481 e. The minimum absolute atomic E-state index is 0.121. The van der Waals surface area contributed by atoms with E-state index < -0.39 is 5.97 Å². The van der Waals surface area contributed by atoms with Gasteiger partial charge in [0.05, 0.1) is 22.6 Å². The van der Waals surface area contributed by atoms with Gasteiger partial charge in [-0.25, -0.2) is 4.98 Å². The van der Waals surface area contributed by atoms with Crippen molar-refractivity contribution >= 4 is 23.0 Å². The lowest BCUT2D eigenvalue weighted by Gasteiger charge is -2.14. The molecule has 0 bridgehead atoms. The highest BCUT2D eigenvalue weighted by Gasteiger charge is 2.31. The van der Waals surface area contributed by atoms with Crippen molar-refractivity contribution in [1.82, 2.24) is 15.5 Å². The van der Waals surface area contributed by atoms with Crippen LogP contribution in [0.1, 0.15) is 60.8 Å². The van der Waals surface area contributed by atoms with Crippen LogP contribution < -0.4 is 5.32 Å². The van der Waals surface area contributed by atoms with Crippen molar-refractivity contribution in [2.45, 2.75) is 52.0 Å². The van der Waals surface area contributed by atoms with Gasteiger partial charge in [-0.1, -0.05) is 19.0 Å². The van der Waals surface area contributed by atoms with Crippen molar-refractivity contribution in [3.05, 3.63) is 23.0 Å². The van der Waals surface area contributed by atoms with Gasteiger partial charge in [0.15, 0.2) is 0 Å². The standard InChI is InChI=1S/C17H21N3O4/c1-8(2)13-7-12(14-9(3)20-24-16(14)19-13)15(21)18-11-5-4-10(6-11)17(22)23/h7-8,10-11H,4-6H2,1-3H3,(H,18,21)(H,22,23)/t10-,11+/m1/s1. The highest BCUT2D eigenvalue weighted by molar-refractivity contribution is 6.06. The van der Waals surface area contributed by atoms with Gasteiger partial charge in [-0.2, -0.15) is 0 Å². The number of hydrogen-bond acceptors (Lipinski definition) is 5. The number of carbonyl (C=O) groups is 2. The summed E-state index contributed by atoms with van der Waals surface area (Å²) in [4.78, 5) is 28.2. The average Bonchev–Trinajstić information content (AvgIpc) is 3.14. The predicted octanol–water partition coefficient (Wildman–Crippen LogP) is 2.64. The molecule has 0 unspecified atom stereocenters. The summed E-state index contributed by atoms with van der Waals surface area (Å²) in [5, 5.41) is 16.6. The third-order valence-electron chi connectivity index (χ3n) is 4.59. The number of carbonyl (C=O) groups excluding carboxylic acids is 1. The van der Waals surface area contributed by atoms with Crippen LogP contribution in [0.25, 0.3) is 11.1 Å². The van der Waals surface area contributed by atoms with Gasteiger partial charge in [0.2, 0.25) is 0 Å². The van der Waals surface area contributed by atoms with Gasteiger partial charge in [0.25, 0.3) is 11.6 Å². The van der Waals surface area contributed by atoms with Crippen molar-refractivity contribution < 1.29 is 19.2 Å². The van der Waals surface area contributed by atoms with Crippen LogP contribution >= 0.6 is 0 Å². The Balaban J connectivity index is 1.89. The smallest absolute Gasteiger partial charge is 0.306 e. The van der Waals surface area contributed by atoms with E-state index in [0.717, 1.165) is 5.69 Å². The number of pyridine rings is 1. The molecule has 0 aliphatic heterocycles. The normalized spacial score (nSPS) is 20.7. The molecule has 2 N–H and O–H groups in total. The van der Waals surface area contributed by atoms with E-state index in [1.165, 1.54) is 0 Å². The topological polar surface area (TPSA) is 105 Å². The maximum atomic E-state index is 12.8. The molecule has 0 radical (unpaired) electrons. The molecule has 1 fully saturated rings. The van der Waals surface area contributed by atoms with Crippen molar-refractivity contribution in [3.63, 3.8) is 0 Å². The van der Waals surface area contributed by atoms with Crippen LogP contribution in [-0.4, -0.2) is 33.2 Å². The lowest BCUT2D eigenvalue weighted by Crippen LogP contribution is -2.33. The quantitative estimate of drug-likeness (QED) is 0.892. The number of rotatable bonds is 4. The number of hydrogen-bond donors (Lipinski definition) is 2. The number of aliphatic carboxylic acids is 1. The van der Waals surface area contributed by atoms with Gasteiger partial charge in [-0.15, -0.1) is 0 Å². The lowest BCUT2D eigenvalue weighted by atomic mass is 10.0. The second-order valence-electron chi connectivity index (χ2n) is 6.72. The Morgan fingerprint density at radius 2 is 2.12 bits per heavy atom. The molecule has 128 valence electrons. The van der Waals surface area contributed by atoms with Crippen LogP contribution in [0.3, 0.4) is 0 Å². The van der Waals surface area contributed by atoms with E-state index in [0.29, 0.717) is 41.6 Å². The Morgan fingerprint density at radius 1 is 1.38 bits per heavy atom. The highest BCUT2D eigenvalue weighted by atomic mass is 16.5. The van der Waals surface area contributed by atoms with E-state index in [1.807, 2.05) is 13.8 Å². The number of amides is 1. The molecule has 7 nitrogen and oxygen atoms in total. The maximum Gasteiger partial charge on any atom is 0.306 e. The van der Waals surface area contributed by atoms with E-state index in [-0.39, 0.29) is 23.8 Å².